The Labute approximate surface area is 128 Å². The van der Waals surface area contributed by atoms with E-state index in [9.17, 15) is 4.79 Å². The third-order valence-corrected chi connectivity index (χ3v) is 3.35. The normalized spacial score (nSPS) is 11.0. The summed E-state index contributed by atoms with van der Waals surface area (Å²) in [5.41, 5.74) is 5.95. The number of benzene rings is 2. The van der Waals surface area contributed by atoms with Gasteiger partial charge in [0.1, 0.15) is 0 Å². The maximum Gasteiger partial charge on any atom is 0.271 e. The Hall–Kier alpha value is -3.01. The van der Waals surface area contributed by atoms with Crippen molar-refractivity contribution >= 4 is 23.0 Å². The van der Waals surface area contributed by atoms with E-state index in [0.717, 1.165) is 22.0 Å². The van der Waals surface area contributed by atoms with Gasteiger partial charge in [0.2, 0.25) is 0 Å². The maximum absolute atomic E-state index is 12.0. The van der Waals surface area contributed by atoms with Crippen LogP contribution in [0.4, 0.5) is 0 Å². The van der Waals surface area contributed by atoms with Gasteiger partial charge in [-0.2, -0.15) is 5.10 Å². The molecular weight excluding hydrogens is 274 g/mol. The molecule has 4 nitrogen and oxygen atoms in total. The van der Waals surface area contributed by atoms with Crippen molar-refractivity contribution < 1.29 is 4.79 Å². The molecule has 108 valence electrons. The number of aryl methyl sites for hydroxylation is 1. The van der Waals surface area contributed by atoms with Crippen molar-refractivity contribution in [2.24, 2.45) is 5.10 Å². The number of nitrogens with one attached hydrogen (secondary N) is 1. The van der Waals surface area contributed by atoms with E-state index in [2.05, 4.69) is 15.5 Å². The van der Waals surface area contributed by atoms with Gasteiger partial charge in [0.05, 0.1) is 11.7 Å². The van der Waals surface area contributed by atoms with E-state index in [1.54, 1.807) is 24.5 Å². The molecule has 1 N–H and O–H groups in total. The fourth-order valence-electron chi connectivity index (χ4n) is 2.16. The van der Waals surface area contributed by atoms with Crippen LogP contribution in [0.5, 0.6) is 0 Å². The van der Waals surface area contributed by atoms with Crippen LogP contribution in [0, 0.1) is 6.92 Å². The average molecular weight is 289 g/mol. The fourth-order valence-corrected chi connectivity index (χ4v) is 2.16. The zero-order valence-corrected chi connectivity index (χ0v) is 12.2. The van der Waals surface area contributed by atoms with Crippen molar-refractivity contribution in [3.05, 3.63) is 77.5 Å². The zero-order valence-electron chi connectivity index (χ0n) is 12.2. The number of rotatable bonds is 3. The fraction of sp³-hybridized carbons (Fsp3) is 0.0556. The van der Waals surface area contributed by atoms with Crippen LogP contribution in [0.15, 0.2) is 65.9 Å². The highest BCUT2D eigenvalue weighted by Gasteiger charge is 2.03. The number of pyridine rings is 1. The van der Waals surface area contributed by atoms with Crippen molar-refractivity contribution in [1.82, 2.24) is 10.4 Å². The molecule has 1 heterocycles. The van der Waals surface area contributed by atoms with Gasteiger partial charge in [-0.25, -0.2) is 5.43 Å². The molecule has 0 aliphatic rings. The molecule has 3 aromatic rings. The van der Waals surface area contributed by atoms with Gasteiger partial charge in [-0.15, -0.1) is 0 Å². The Morgan fingerprint density at radius 1 is 1.09 bits per heavy atom. The second-order valence-electron chi connectivity index (χ2n) is 4.99. The van der Waals surface area contributed by atoms with E-state index in [1.165, 1.54) is 0 Å². The molecule has 0 bridgehead atoms. The number of carbonyl (C=O) groups is 1. The highest BCUT2D eigenvalue weighted by Crippen LogP contribution is 2.13. The molecule has 22 heavy (non-hydrogen) atoms. The van der Waals surface area contributed by atoms with Gasteiger partial charge in [-0.05, 0) is 25.1 Å². The summed E-state index contributed by atoms with van der Waals surface area (Å²) >= 11 is 0. The molecule has 4 heteroatoms. The maximum atomic E-state index is 12.0. The molecule has 1 amide bonds. The Morgan fingerprint density at radius 3 is 2.68 bits per heavy atom. The first-order chi connectivity index (χ1) is 10.7. The highest BCUT2D eigenvalue weighted by molar-refractivity contribution is 5.99. The number of aromatic nitrogens is 1. The molecule has 0 fully saturated rings. The summed E-state index contributed by atoms with van der Waals surface area (Å²) in [7, 11) is 0. The predicted molar refractivity (Wildman–Crippen MR) is 88.0 cm³/mol. The molecule has 0 saturated carbocycles. The second-order valence-corrected chi connectivity index (χ2v) is 4.99. The lowest BCUT2D eigenvalue weighted by Crippen LogP contribution is -2.17. The Bertz CT molecular complexity index is 833. The van der Waals surface area contributed by atoms with Crippen LogP contribution < -0.4 is 5.43 Å². The predicted octanol–water partition coefficient (Wildman–Crippen LogP) is 3.31. The SMILES string of the molecule is Cc1ccc(C(=O)NN=Cc2cccc3cccnc23)cc1. The van der Waals surface area contributed by atoms with E-state index in [1.807, 2.05) is 49.4 Å². The lowest BCUT2D eigenvalue weighted by Gasteiger charge is -2.02. The van der Waals surface area contributed by atoms with Crippen molar-refractivity contribution in [2.75, 3.05) is 0 Å². The average Bonchev–Trinajstić information content (AvgIpc) is 2.55. The van der Waals surface area contributed by atoms with Gasteiger partial charge in [0.25, 0.3) is 5.91 Å². The Morgan fingerprint density at radius 2 is 1.86 bits per heavy atom. The van der Waals surface area contributed by atoms with Crippen LogP contribution >= 0.6 is 0 Å². The van der Waals surface area contributed by atoms with Crippen LogP contribution in [-0.4, -0.2) is 17.1 Å². The summed E-state index contributed by atoms with van der Waals surface area (Å²) < 4.78 is 0. The summed E-state index contributed by atoms with van der Waals surface area (Å²) in [4.78, 5) is 16.3. The van der Waals surface area contributed by atoms with Gasteiger partial charge in [0, 0.05) is 22.7 Å². The number of hydrogen-bond acceptors (Lipinski definition) is 3. The third-order valence-electron chi connectivity index (χ3n) is 3.35. The minimum absolute atomic E-state index is 0.232. The van der Waals surface area contributed by atoms with Crippen LogP contribution in [0.25, 0.3) is 10.9 Å². The minimum Gasteiger partial charge on any atom is -0.267 e. The molecular formula is C18H15N3O. The van der Waals surface area contributed by atoms with Gasteiger partial charge >= 0.3 is 0 Å². The van der Waals surface area contributed by atoms with Gasteiger partial charge < -0.3 is 0 Å². The number of para-hydroxylation sites is 1. The first-order valence-corrected chi connectivity index (χ1v) is 6.98. The molecule has 0 aliphatic carbocycles. The number of hydrazone groups is 1. The number of hydrogen-bond donors (Lipinski definition) is 1. The third kappa shape index (κ3) is 3.01. The highest BCUT2D eigenvalue weighted by atomic mass is 16.2. The summed E-state index contributed by atoms with van der Waals surface area (Å²) in [6, 6.07) is 17.1. The molecule has 0 unspecified atom stereocenters. The van der Waals surface area contributed by atoms with E-state index >= 15 is 0 Å². The Balaban J connectivity index is 1.76. The van der Waals surface area contributed by atoms with E-state index in [0.29, 0.717) is 5.56 Å². The van der Waals surface area contributed by atoms with E-state index in [-0.39, 0.29) is 5.91 Å². The Kier molecular flexibility index (Phi) is 3.92. The minimum atomic E-state index is -0.232. The molecule has 0 spiro atoms. The van der Waals surface area contributed by atoms with Crippen LogP contribution in [0.3, 0.4) is 0 Å². The molecule has 1 aromatic heterocycles. The zero-order chi connectivity index (χ0) is 15.4. The monoisotopic (exact) mass is 289 g/mol. The standard InChI is InChI=1S/C18H15N3O/c1-13-7-9-15(10-8-13)18(22)21-20-12-16-5-2-4-14-6-3-11-19-17(14)16/h2-12H,1H3,(H,21,22). The molecule has 0 atom stereocenters. The summed E-state index contributed by atoms with van der Waals surface area (Å²) in [6.45, 7) is 1.98. The van der Waals surface area contributed by atoms with Crippen molar-refractivity contribution in [2.45, 2.75) is 6.92 Å². The summed E-state index contributed by atoms with van der Waals surface area (Å²) in [6.07, 6.45) is 3.35. The molecule has 0 saturated heterocycles. The van der Waals surface area contributed by atoms with Gasteiger partial charge in [-0.3, -0.25) is 9.78 Å². The van der Waals surface area contributed by atoms with E-state index < -0.39 is 0 Å². The molecule has 3 rings (SSSR count). The summed E-state index contributed by atoms with van der Waals surface area (Å²) in [5, 5.41) is 5.06. The van der Waals surface area contributed by atoms with Gasteiger partial charge in [-0.1, -0.05) is 42.0 Å². The lowest BCUT2D eigenvalue weighted by molar-refractivity contribution is 0.0955. The molecule has 0 aliphatic heterocycles. The lowest BCUT2D eigenvalue weighted by atomic mass is 10.1. The first kappa shape index (κ1) is 13.9. The van der Waals surface area contributed by atoms with E-state index in [4.69, 9.17) is 0 Å². The quantitative estimate of drug-likeness (QED) is 0.594. The van der Waals surface area contributed by atoms with Crippen LogP contribution in [0.2, 0.25) is 0 Å². The van der Waals surface area contributed by atoms with Gasteiger partial charge in [0.15, 0.2) is 0 Å². The number of carbonyl (C=O) groups excluding carboxylic acids is 1. The molecule has 0 radical (unpaired) electrons. The summed E-state index contributed by atoms with van der Waals surface area (Å²) in [5.74, 6) is -0.232. The van der Waals surface area contributed by atoms with Crippen molar-refractivity contribution in [3.8, 4) is 0 Å². The first-order valence-electron chi connectivity index (χ1n) is 6.98. The molecule has 2 aromatic carbocycles. The number of amides is 1. The smallest absolute Gasteiger partial charge is 0.267 e. The van der Waals surface area contributed by atoms with Crippen molar-refractivity contribution in [3.63, 3.8) is 0 Å². The van der Waals surface area contributed by atoms with Crippen LogP contribution in [-0.2, 0) is 0 Å². The van der Waals surface area contributed by atoms with Crippen molar-refractivity contribution in [1.29, 1.82) is 0 Å². The van der Waals surface area contributed by atoms with Crippen LogP contribution in [0.1, 0.15) is 21.5 Å². The second kappa shape index (κ2) is 6.18. The number of nitrogens with zero attached hydrogens (tertiary/aromatic N) is 2. The topological polar surface area (TPSA) is 54.4 Å². The number of fused-ring (bicyclic) bond motifs is 1. The largest absolute Gasteiger partial charge is 0.271 e.